The molecule has 0 fully saturated rings. The van der Waals surface area contributed by atoms with Crippen molar-refractivity contribution >= 4 is 29.8 Å². The van der Waals surface area contributed by atoms with Crippen LogP contribution in [0, 0.1) is 0 Å². The molecule has 0 aliphatic carbocycles. The molecule has 0 aromatic heterocycles. The van der Waals surface area contributed by atoms with Crippen molar-refractivity contribution in [3.8, 4) is 22.6 Å². The minimum atomic E-state index is -0.703. The molecular formula is C33H30O9. The summed E-state index contributed by atoms with van der Waals surface area (Å²) in [6.45, 7) is 6.58. The monoisotopic (exact) mass is 570 g/mol. The second kappa shape index (κ2) is 15.5. The van der Waals surface area contributed by atoms with Gasteiger partial charge >= 0.3 is 17.9 Å². The number of ether oxygens (including phenoxy) is 4. The molecule has 0 heterocycles. The van der Waals surface area contributed by atoms with Gasteiger partial charge in [-0.15, -0.1) is 0 Å². The highest BCUT2D eigenvalue weighted by molar-refractivity contribution is 6.06. The third-order valence-electron chi connectivity index (χ3n) is 5.81. The highest BCUT2D eigenvalue weighted by atomic mass is 16.6. The first-order chi connectivity index (χ1) is 20.2. The van der Waals surface area contributed by atoms with E-state index in [0.29, 0.717) is 17.1 Å². The quantitative estimate of drug-likeness (QED) is 0.0961. The summed E-state index contributed by atoms with van der Waals surface area (Å²) in [5, 5.41) is 8.84. The number of carbonyl (C=O) groups excluding carboxylic acids is 4. The normalized spacial score (nSPS) is 10.5. The van der Waals surface area contributed by atoms with Gasteiger partial charge in [-0.2, -0.15) is 0 Å². The Kier molecular flexibility index (Phi) is 11.5. The number of carbonyl (C=O) groups is 4. The van der Waals surface area contributed by atoms with Crippen LogP contribution in [0.25, 0.3) is 17.2 Å². The van der Waals surface area contributed by atoms with Gasteiger partial charge in [0, 0.05) is 11.1 Å². The van der Waals surface area contributed by atoms with Gasteiger partial charge in [-0.3, -0.25) is 9.59 Å². The lowest BCUT2D eigenvalue weighted by atomic mass is 10.0. The molecule has 0 aliphatic rings. The van der Waals surface area contributed by atoms with E-state index in [-0.39, 0.29) is 36.6 Å². The fourth-order valence-electron chi connectivity index (χ4n) is 3.44. The van der Waals surface area contributed by atoms with Crippen LogP contribution < -0.4 is 9.47 Å². The fraction of sp³-hybridized carbons (Fsp3) is 0.152. The van der Waals surface area contributed by atoms with Crippen LogP contribution in [0.5, 0.6) is 11.5 Å². The summed E-state index contributed by atoms with van der Waals surface area (Å²) in [7, 11) is 1.23. The molecule has 0 aliphatic heterocycles. The van der Waals surface area contributed by atoms with Crippen molar-refractivity contribution in [2.75, 3.05) is 26.9 Å². The van der Waals surface area contributed by atoms with Crippen molar-refractivity contribution in [2.24, 2.45) is 0 Å². The van der Waals surface area contributed by atoms with Crippen LogP contribution in [0.2, 0.25) is 0 Å². The number of hydrogen-bond donors (Lipinski definition) is 1. The molecule has 1 N–H and O–H groups in total. The first-order valence-corrected chi connectivity index (χ1v) is 12.8. The minimum Gasteiger partial charge on any atom is -0.490 e. The van der Waals surface area contributed by atoms with E-state index in [2.05, 4.69) is 17.9 Å². The molecule has 0 amide bonds. The number of methoxy groups -OCH3 is 1. The highest BCUT2D eigenvalue weighted by Gasteiger charge is 2.14. The van der Waals surface area contributed by atoms with E-state index in [0.717, 1.165) is 16.7 Å². The highest BCUT2D eigenvalue weighted by Crippen LogP contribution is 2.24. The lowest BCUT2D eigenvalue weighted by molar-refractivity contribution is -0.141. The molecule has 3 rings (SSSR count). The first kappa shape index (κ1) is 31.3. The van der Waals surface area contributed by atoms with Gasteiger partial charge < -0.3 is 24.1 Å². The standard InChI is InChI=1S/C33H30O9/c1-22(20-31(36)39-3)33(38)42-29-15-9-26(10-16-29)25-7-4-24(5-8-25)6-17-30(35)27-11-13-28(14-12-27)40-18-19-41-32(37)23(2)21-34/h4-17,34H,1-2,18-21H2,3H3/b17-6+. The molecule has 0 unspecified atom stereocenters. The van der Waals surface area contributed by atoms with Gasteiger partial charge in [0.2, 0.25) is 0 Å². The van der Waals surface area contributed by atoms with E-state index in [1.165, 1.54) is 13.2 Å². The zero-order valence-electron chi connectivity index (χ0n) is 23.0. The van der Waals surface area contributed by atoms with Crippen molar-refractivity contribution < 1.29 is 43.2 Å². The molecule has 216 valence electrons. The molecule has 0 spiro atoms. The number of ketones is 1. The lowest BCUT2D eigenvalue weighted by Crippen LogP contribution is -2.15. The van der Waals surface area contributed by atoms with E-state index >= 15 is 0 Å². The predicted molar refractivity (Wildman–Crippen MR) is 156 cm³/mol. The Morgan fingerprint density at radius 3 is 1.95 bits per heavy atom. The molecule has 0 radical (unpaired) electrons. The number of esters is 3. The smallest absolute Gasteiger partial charge is 0.339 e. The zero-order valence-corrected chi connectivity index (χ0v) is 23.0. The van der Waals surface area contributed by atoms with Crippen molar-refractivity contribution in [1.29, 1.82) is 0 Å². The summed E-state index contributed by atoms with van der Waals surface area (Å²) in [6.07, 6.45) is 2.96. The third-order valence-corrected chi connectivity index (χ3v) is 5.81. The van der Waals surface area contributed by atoms with Gasteiger partial charge in [-0.1, -0.05) is 55.6 Å². The third kappa shape index (κ3) is 9.42. The summed E-state index contributed by atoms with van der Waals surface area (Å²) < 4.78 is 20.2. The molecule has 0 saturated carbocycles. The van der Waals surface area contributed by atoms with Crippen LogP contribution in [0.3, 0.4) is 0 Å². The van der Waals surface area contributed by atoms with Gasteiger partial charge in [0.05, 0.1) is 25.7 Å². The van der Waals surface area contributed by atoms with Gasteiger partial charge in [0.15, 0.2) is 5.78 Å². The number of hydrogen-bond acceptors (Lipinski definition) is 9. The van der Waals surface area contributed by atoms with Crippen molar-refractivity contribution in [2.45, 2.75) is 6.42 Å². The topological polar surface area (TPSA) is 125 Å². The zero-order chi connectivity index (χ0) is 30.5. The Morgan fingerprint density at radius 1 is 0.762 bits per heavy atom. The number of aliphatic hydroxyl groups excluding tert-OH is 1. The molecule has 9 nitrogen and oxygen atoms in total. The van der Waals surface area contributed by atoms with E-state index in [9.17, 15) is 19.2 Å². The Hall–Kier alpha value is -5.28. The largest absolute Gasteiger partial charge is 0.490 e. The van der Waals surface area contributed by atoms with Crippen LogP contribution in [0.4, 0.5) is 0 Å². The average molecular weight is 571 g/mol. The Labute approximate surface area is 243 Å². The first-order valence-electron chi connectivity index (χ1n) is 12.8. The second-order valence-electron chi connectivity index (χ2n) is 8.86. The summed E-state index contributed by atoms with van der Waals surface area (Å²) in [5.74, 6) is -1.30. The van der Waals surface area contributed by atoms with Crippen LogP contribution in [0.1, 0.15) is 22.3 Å². The number of rotatable bonds is 14. The molecule has 0 saturated heterocycles. The van der Waals surface area contributed by atoms with Gasteiger partial charge in [-0.05, 0) is 59.2 Å². The molecule has 3 aromatic carbocycles. The van der Waals surface area contributed by atoms with E-state index in [1.807, 2.05) is 24.3 Å². The maximum absolute atomic E-state index is 12.6. The number of allylic oxidation sites excluding steroid dienone is 1. The molecule has 0 bridgehead atoms. The second-order valence-corrected chi connectivity index (χ2v) is 8.86. The lowest BCUT2D eigenvalue weighted by Gasteiger charge is -2.08. The van der Waals surface area contributed by atoms with Crippen LogP contribution in [-0.4, -0.2) is 55.7 Å². The molecule has 9 heteroatoms. The minimum absolute atomic E-state index is 0.00114. The molecular weight excluding hydrogens is 540 g/mol. The summed E-state index contributed by atoms with van der Waals surface area (Å²) in [6, 6.07) is 21.0. The molecule has 42 heavy (non-hydrogen) atoms. The van der Waals surface area contributed by atoms with Crippen molar-refractivity contribution in [3.63, 3.8) is 0 Å². The van der Waals surface area contributed by atoms with Crippen LogP contribution in [0.15, 0.2) is 103 Å². The Morgan fingerprint density at radius 2 is 1.36 bits per heavy atom. The fourth-order valence-corrected chi connectivity index (χ4v) is 3.44. The van der Waals surface area contributed by atoms with E-state index < -0.39 is 24.5 Å². The van der Waals surface area contributed by atoms with Crippen molar-refractivity contribution in [3.05, 3.63) is 114 Å². The number of benzene rings is 3. The van der Waals surface area contributed by atoms with Crippen molar-refractivity contribution in [1.82, 2.24) is 0 Å². The molecule has 3 aromatic rings. The maximum Gasteiger partial charge on any atom is 0.339 e. The summed E-state index contributed by atoms with van der Waals surface area (Å²) >= 11 is 0. The predicted octanol–water partition coefficient (Wildman–Crippen LogP) is 4.74. The van der Waals surface area contributed by atoms with Gasteiger partial charge in [-0.25, -0.2) is 9.59 Å². The van der Waals surface area contributed by atoms with Gasteiger partial charge in [0.1, 0.15) is 24.7 Å². The Bertz CT molecular complexity index is 1470. The summed E-state index contributed by atoms with van der Waals surface area (Å²) in [4.78, 5) is 47.4. The Balaban J connectivity index is 1.49. The summed E-state index contributed by atoms with van der Waals surface area (Å²) in [5.41, 5.74) is 3.10. The maximum atomic E-state index is 12.6. The van der Waals surface area contributed by atoms with E-state index in [1.54, 1.807) is 54.6 Å². The number of aliphatic hydroxyl groups is 1. The van der Waals surface area contributed by atoms with Crippen LogP contribution >= 0.6 is 0 Å². The van der Waals surface area contributed by atoms with Gasteiger partial charge in [0.25, 0.3) is 0 Å². The molecule has 0 atom stereocenters. The van der Waals surface area contributed by atoms with E-state index in [4.69, 9.17) is 19.3 Å². The van der Waals surface area contributed by atoms with Crippen LogP contribution in [-0.2, 0) is 23.9 Å². The average Bonchev–Trinajstić information content (AvgIpc) is 3.02. The SMILES string of the molecule is C=C(CO)C(=O)OCCOc1ccc(C(=O)/C=C/c2ccc(-c3ccc(OC(=O)C(=C)CC(=O)OC)cc3)cc2)cc1.